The van der Waals surface area contributed by atoms with Crippen molar-refractivity contribution in [2.75, 3.05) is 5.32 Å². The number of benzene rings is 3. The molecule has 0 unspecified atom stereocenters. The number of hydrogen-bond acceptors (Lipinski definition) is 3. The van der Waals surface area contributed by atoms with Gasteiger partial charge in [-0.2, -0.15) is 0 Å². The Morgan fingerprint density at radius 2 is 1.64 bits per heavy atom. The number of anilines is 1. The Balaban J connectivity index is 1.74. The van der Waals surface area contributed by atoms with E-state index in [1.165, 1.54) is 0 Å². The molecule has 0 bridgehead atoms. The molecule has 0 radical (unpaired) electrons. The van der Waals surface area contributed by atoms with Crippen LogP contribution in [0.15, 0.2) is 77.3 Å². The van der Waals surface area contributed by atoms with Crippen molar-refractivity contribution < 1.29 is 9.32 Å². The zero-order chi connectivity index (χ0) is 17.2. The van der Waals surface area contributed by atoms with Gasteiger partial charge in [0.1, 0.15) is 17.0 Å². The van der Waals surface area contributed by atoms with E-state index in [0.29, 0.717) is 17.0 Å². The van der Waals surface area contributed by atoms with E-state index in [1.807, 2.05) is 72.8 Å². The van der Waals surface area contributed by atoms with E-state index in [-0.39, 0.29) is 5.91 Å². The minimum absolute atomic E-state index is 0.228. The summed E-state index contributed by atoms with van der Waals surface area (Å²) in [5, 5.41) is 9.14. The van der Waals surface area contributed by atoms with Gasteiger partial charge >= 0.3 is 0 Å². The van der Waals surface area contributed by atoms with Gasteiger partial charge in [-0.15, -0.1) is 0 Å². The fraction of sp³-hybridized carbons (Fsp3) is 0.0476. The van der Waals surface area contributed by atoms with Crippen LogP contribution in [-0.4, -0.2) is 11.1 Å². The molecule has 0 aliphatic carbocycles. The van der Waals surface area contributed by atoms with E-state index in [0.717, 1.165) is 22.0 Å². The minimum Gasteiger partial charge on any atom is -0.360 e. The van der Waals surface area contributed by atoms with Gasteiger partial charge in [0.15, 0.2) is 0 Å². The first kappa shape index (κ1) is 15.1. The highest BCUT2D eigenvalue weighted by atomic mass is 16.5. The largest absolute Gasteiger partial charge is 0.360 e. The van der Waals surface area contributed by atoms with Crippen molar-refractivity contribution in [3.63, 3.8) is 0 Å². The molecule has 0 aliphatic heterocycles. The molecule has 122 valence electrons. The van der Waals surface area contributed by atoms with E-state index in [9.17, 15) is 4.79 Å². The normalized spacial score (nSPS) is 10.8. The number of rotatable bonds is 3. The highest BCUT2D eigenvalue weighted by Gasteiger charge is 2.22. The average Bonchev–Trinajstić information content (AvgIpc) is 3.04. The van der Waals surface area contributed by atoms with E-state index in [2.05, 4.69) is 10.5 Å². The Morgan fingerprint density at radius 3 is 2.48 bits per heavy atom. The van der Waals surface area contributed by atoms with Gasteiger partial charge in [0.2, 0.25) is 0 Å². The van der Waals surface area contributed by atoms with Gasteiger partial charge in [-0.3, -0.25) is 4.79 Å². The molecule has 4 heteroatoms. The lowest BCUT2D eigenvalue weighted by atomic mass is 10.0. The van der Waals surface area contributed by atoms with Crippen LogP contribution in [0.4, 0.5) is 5.69 Å². The number of nitrogens with one attached hydrogen (secondary N) is 1. The smallest absolute Gasteiger partial charge is 0.261 e. The van der Waals surface area contributed by atoms with Gasteiger partial charge in [0, 0.05) is 16.6 Å². The summed E-state index contributed by atoms with van der Waals surface area (Å²) in [5.41, 5.74) is 2.63. The molecule has 4 rings (SSSR count). The van der Waals surface area contributed by atoms with Crippen molar-refractivity contribution in [3.05, 3.63) is 84.1 Å². The summed E-state index contributed by atoms with van der Waals surface area (Å²) in [6.07, 6.45) is 0. The second-order valence-corrected chi connectivity index (χ2v) is 5.81. The first-order valence-corrected chi connectivity index (χ1v) is 8.05. The Kier molecular flexibility index (Phi) is 3.78. The van der Waals surface area contributed by atoms with Gasteiger partial charge in [-0.05, 0) is 18.4 Å². The highest BCUT2D eigenvalue weighted by molar-refractivity contribution is 6.12. The number of hydrogen-bond donors (Lipinski definition) is 1. The summed E-state index contributed by atoms with van der Waals surface area (Å²) in [6, 6.07) is 23.3. The monoisotopic (exact) mass is 328 g/mol. The van der Waals surface area contributed by atoms with Gasteiger partial charge < -0.3 is 9.84 Å². The first-order valence-electron chi connectivity index (χ1n) is 8.05. The van der Waals surface area contributed by atoms with Crippen LogP contribution in [0.3, 0.4) is 0 Å². The summed E-state index contributed by atoms with van der Waals surface area (Å²) >= 11 is 0. The molecule has 25 heavy (non-hydrogen) atoms. The standard InChI is InChI=1S/C21H16N2O2/c1-14-19(20(23-25-14)16-9-3-2-4-10-16)21(24)22-18-13-7-11-15-8-5-6-12-17(15)18/h2-13H,1H3,(H,22,24). The third-order valence-electron chi connectivity index (χ3n) is 4.17. The molecule has 4 nitrogen and oxygen atoms in total. The maximum absolute atomic E-state index is 12.9. The summed E-state index contributed by atoms with van der Waals surface area (Å²) in [6.45, 7) is 1.75. The lowest BCUT2D eigenvalue weighted by molar-refractivity contribution is 0.102. The predicted octanol–water partition coefficient (Wildman–Crippen LogP) is 5.06. The molecule has 0 fully saturated rings. The van der Waals surface area contributed by atoms with Crippen molar-refractivity contribution >= 4 is 22.4 Å². The van der Waals surface area contributed by atoms with Gasteiger partial charge in [0.05, 0.1) is 0 Å². The zero-order valence-electron chi connectivity index (χ0n) is 13.7. The van der Waals surface area contributed by atoms with E-state index < -0.39 is 0 Å². The fourth-order valence-electron chi connectivity index (χ4n) is 2.95. The maximum atomic E-state index is 12.9. The number of aryl methyl sites for hydroxylation is 1. The number of carbonyl (C=O) groups excluding carboxylic acids is 1. The molecule has 0 spiro atoms. The lowest BCUT2D eigenvalue weighted by Crippen LogP contribution is -2.13. The lowest BCUT2D eigenvalue weighted by Gasteiger charge is -2.09. The molecule has 3 aromatic carbocycles. The molecule has 4 aromatic rings. The van der Waals surface area contributed by atoms with Crippen LogP contribution in [-0.2, 0) is 0 Å². The number of amides is 1. The number of nitrogens with zero attached hydrogens (tertiary/aromatic N) is 1. The molecule has 0 saturated carbocycles. The van der Waals surface area contributed by atoms with Crippen LogP contribution in [0.2, 0.25) is 0 Å². The fourth-order valence-corrected chi connectivity index (χ4v) is 2.95. The summed E-state index contributed by atoms with van der Waals surface area (Å²) < 4.78 is 5.29. The predicted molar refractivity (Wildman–Crippen MR) is 98.6 cm³/mol. The van der Waals surface area contributed by atoms with Crippen LogP contribution in [0, 0.1) is 6.92 Å². The first-order chi connectivity index (χ1) is 12.2. The summed E-state index contributed by atoms with van der Waals surface area (Å²) in [7, 11) is 0. The summed E-state index contributed by atoms with van der Waals surface area (Å²) in [4.78, 5) is 12.9. The topological polar surface area (TPSA) is 55.1 Å². The zero-order valence-corrected chi connectivity index (χ0v) is 13.7. The van der Waals surface area contributed by atoms with Crippen LogP contribution < -0.4 is 5.32 Å². The molecule has 0 atom stereocenters. The maximum Gasteiger partial charge on any atom is 0.261 e. The van der Waals surface area contributed by atoms with Gasteiger partial charge in [-0.1, -0.05) is 71.9 Å². The van der Waals surface area contributed by atoms with E-state index in [1.54, 1.807) is 6.92 Å². The summed E-state index contributed by atoms with van der Waals surface area (Å²) in [5.74, 6) is 0.269. The van der Waals surface area contributed by atoms with Crippen molar-refractivity contribution in [2.24, 2.45) is 0 Å². The Bertz CT molecular complexity index is 1050. The quantitative estimate of drug-likeness (QED) is 0.572. The molecule has 1 amide bonds. The third-order valence-corrected chi connectivity index (χ3v) is 4.17. The molecule has 1 heterocycles. The van der Waals surface area contributed by atoms with Crippen LogP contribution in [0.25, 0.3) is 22.0 Å². The Morgan fingerprint density at radius 1 is 0.920 bits per heavy atom. The van der Waals surface area contributed by atoms with Crippen LogP contribution in [0.1, 0.15) is 16.1 Å². The van der Waals surface area contributed by atoms with E-state index in [4.69, 9.17) is 4.52 Å². The van der Waals surface area contributed by atoms with Crippen molar-refractivity contribution in [1.82, 2.24) is 5.16 Å². The minimum atomic E-state index is -0.228. The van der Waals surface area contributed by atoms with Gasteiger partial charge in [0.25, 0.3) is 5.91 Å². The Labute approximate surface area is 145 Å². The number of aromatic nitrogens is 1. The number of fused-ring (bicyclic) bond motifs is 1. The highest BCUT2D eigenvalue weighted by Crippen LogP contribution is 2.28. The van der Waals surface area contributed by atoms with Crippen LogP contribution in [0.5, 0.6) is 0 Å². The molecular formula is C21H16N2O2. The van der Waals surface area contributed by atoms with E-state index >= 15 is 0 Å². The van der Waals surface area contributed by atoms with Crippen molar-refractivity contribution in [3.8, 4) is 11.3 Å². The second kappa shape index (κ2) is 6.24. The molecule has 0 saturated heterocycles. The van der Waals surface area contributed by atoms with Gasteiger partial charge in [-0.25, -0.2) is 0 Å². The van der Waals surface area contributed by atoms with Crippen LogP contribution >= 0.6 is 0 Å². The number of carbonyl (C=O) groups is 1. The molecular weight excluding hydrogens is 312 g/mol. The molecule has 1 N–H and O–H groups in total. The average molecular weight is 328 g/mol. The van der Waals surface area contributed by atoms with Crippen molar-refractivity contribution in [1.29, 1.82) is 0 Å². The third kappa shape index (κ3) is 2.78. The molecule has 0 aliphatic rings. The second-order valence-electron chi connectivity index (χ2n) is 5.81. The Hall–Kier alpha value is -3.40. The molecule has 1 aromatic heterocycles. The van der Waals surface area contributed by atoms with Crippen molar-refractivity contribution in [2.45, 2.75) is 6.92 Å². The SMILES string of the molecule is Cc1onc(-c2ccccc2)c1C(=O)Nc1cccc2ccccc12.